The van der Waals surface area contributed by atoms with E-state index in [9.17, 15) is 0 Å². The van der Waals surface area contributed by atoms with Gasteiger partial charge in [-0.2, -0.15) is 0 Å². The van der Waals surface area contributed by atoms with Gasteiger partial charge in [0.05, 0.1) is 11.2 Å². The highest BCUT2D eigenvalue weighted by atomic mass is 32.1. The Morgan fingerprint density at radius 2 is 1.89 bits per heavy atom. The summed E-state index contributed by atoms with van der Waals surface area (Å²) in [5, 5.41) is 3.60. The molecule has 104 valence electrons. The van der Waals surface area contributed by atoms with Crippen LogP contribution in [0.2, 0.25) is 0 Å². The van der Waals surface area contributed by atoms with Crippen molar-refractivity contribution in [2.75, 3.05) is 6.54 Å². The molecule has 0 fully saturated rings. The lowest BCUT2D eigenvalue weighted by atomic mass is 10.0. The fourth-order valence-electron chi connectivity index (χ4n) is 2.17. The van der Waals surface area contributed by atoms with Gasteiger partial charge in [0.1, 0.15) is 0 Å². The van der Waals surface area contributed by atoms with Crippen LogP contribution in [-0.2, 0) is 0 Å². The molecule has 1 atom stereocenters. The van der Waals surface area contributed by atoms with Crippen LogP contribution in [0.3, 0.4) is 0 Å². The Labute approximate surface area is 116 Å². The molecular formula is C15H28N2S. The number of rotatable bonds is 9. The van der Waals surface area contributed by atoms with E-state index in [4.69, 9.17) is 0 Å². The first kappa shape index (κ1) is 15.6. The minimum Gasteiger partial charge on any atom is -0.309 e. The van der Waals surface area contributed by atoms with E-state index in [1.165, 1.54) is 42.7 Å². The molecule has 1 aromatic rings. The van der Waals surface area contributed by atoms with Gasteiger partial charge in [-0.15, -0.1) is 11.3 Å². The van der Waals surface area contributed by atoms with Crippen LogP contribution in [0.4, 0.5) is 0 Å². The third kappa shape index (κ3) is 5.96. The number of thiazole rings is 1. The molecule has 1 rings (SSSR count). The highest BCUT2D eigenvalue weighted by Crippen LogP contribution is 2.20. The molecule has 1 unspecified atom stereocenters. The number of hydrogen-bond acceptors (Lipinski definition) is 3. The van der Waals surface area contributed by atoms with Gasteiger partial charge in [0, 0.05) is 10.9 Å². The zero-order chi connectivity index (χ0) is 13.4. The molecule has 2 nitrogen and oxygen atoms in total. The maximum atomic E-state index is 4.30. The van der Waals surface area contributed by atoms with Crippen molar-refractivity contribution in [2.45, 2.75) is 65.8 Å². The lowest BCUT2D eigenvalue weighted by molar-refractivity contribution is 0.499. The first-order chi connectivity index (χ1) is 8.61. The topological polar surface area (TPSA) is 24.9 Å². The van der Waals surface area contributed by atoms with Gasteiger partial charge in [0.2, 0.25) is 0 Å². The van der Waals surface area contributed by atoms with Crippen LogP contribution in [0.25, 0.3) is 0 Å². The molecule has 0 saturated carbocycles. The predicted molar refractivity (Wildman–Crippen MR) is 81.2 cm³/mol. The summed E-state index contributed by atoms with van der Waals surface area (Å²) < 4.78 is 0. The van der Waals surface area contributed by atoms with E-state index in [2.05, 4.69) is 38.0 Å². The highest BCUT2D eigenvalue weighted by molar-refractivity contribution is 7.09. The van der Waals surface area contributed by atoms with E-state index in [0.717, 1.165) is 12.5 Å². The average Bonchev–Trinajstić information content (AvgIpc) is 2.73. The van der Waals surface area contributed by atoms with Crippen molar-refractivity contribution in [3.63, 3.8) is 0 Å². The Morgan fingerprint density at radius 3 is 2.50 bits per heavy atom. The second kappa shape index (κ2) is 8.65. The van der Waals surface area contributed by atoms with Gasteiger partial charge in [-0.05, 0) is 32.7 Å². The molecular weight excluding hydrogens is 240 g/mol. The average molecular weight is 268 g/mol. The second-order valence-electron chi connectivity index (χ2n) is 5.57. The zero-order valence-electron chi connectivity index (χ0n) is 12.3. The number of aryl methyl sites for hydroxylation is 1. The first-order valence-electron chi connectivity index (χ1n) is 7.24. The number of unbranched alkanes of at least 4 members (excludes halogenated alkanes) is 3. The van der Waals surface area contributed by atoms with Crippen molar-refractivity contribution in [1.82, 2.24) is 10.3 Å². The standard InChI is InChI=1S/C15H28N2S/c1-12(2)9-7-5-6-8-10-16-13(3)15-14(4)17-11-18-15/h11-13,16H,5-10H2,1-4H3. The number of hydrogen-bond donors (Lipinski definition) is 1. The summed E-state index contributed by atoms with van der Waals surface area (Å²) in [4.78, 5) is 5.69. The molecule has 0 bridgehead atoms. The van der Waals surface area contributed by atoms with Crippen molar-refractivity contribution < 1.29 is 0 Å². The van der Waals surface area contributed by atoms with Gasteiger partial charge < -0.3 is 5.32 Å². The summed E-state index contributed by atoms with van der Waals surface area (Å²) in [6.07, 6.45) is 6.80. The van der Waals surface area contributed by atoms with Crippen LogP contribution in [-0.4, -0.2) is 11.5 Å². The Balaban J connectivity index is 2.03. The molecule has 1 heterocycles. The molecule has 3 heteroatoms. The zero-order valence-corrected chi connectivity index (χ0v) is 13.1. The Morgan fingerprint density at radius 1 is 1.17 bits per heavy atom. The number of aromatic nitrogens is 1. The van der Waals surface area contributed by atoms with Crippen molar-refractivity contribution in [2.24, 2.45) is 5.92 Å². The van der Waals surface area contributed by atoms with Crippen LogP contribution < -0.4 is 5.32 Å². The molecule has 0 aliphatic carbocycles. The van der Waals surface area contributed by atoms with E-state index >= 15 is 0 Å². The van der Waals surface area contributed by atoms with Crippen molar-refractivity contribution >= 4 is 11.3 Å². The largest absolute Gasteiger partial charge is 0.309 e. The van der Waals surface area contributed by atoms with Crippen molar-refractivity contribution in [1.29, 1.82) is 0 Å². The van der Waals surface area contributed by atoms with Gasteiger partial charge in [-0.1, -0.05) is 39.5 Å². The van der Waals surface area contributed by atoms with E-state index in [0.29, 0.717) is 6.04 Å². The quantitative estimate of drug-likeness (QED) is 0.656. The third-order valence-electron chi connectivity index (χ3n) is 3.33. The minimum atomic E-state index is 0.452. The molecule has 0 radical (unpaired) electrons. The molecule has 0 saturated heterocycles. The highest BCUT2D eigenvalue weighted by Gasteiger charge is 2.09. The third-order valence-corrected chi connectivity index (χ3v) is 4.45. The summed E-state index contributed by atoms with van der Waals surface area (Å²) >= 11 is 1.76. The van der Waals surface area contributed by atoms with E-state index in [-0.39, 0.29) is 0 Å². The molecule has 0 aliphatic rings. The van der Waals surface area contributed by atoms with Crippen molar-refractivity contribution in [3.05, 3.63) is 16.1 Å². The fraction of sp³-hybridized carbons (Fsp3) is 0.800. The molecule has 1 N–H and O–H groups in total. The lowest BCUT2D eigenvalue weighted by Crippen LogP contribution is -2.19. The normalized spacial score (nSPS) is 13.2. The number of nitrogens with one attached hydrogen (secondary N) is 1. The summed E-state index contributed by atoms with van der Waals surface area (Å²) in [5.74, 6) is 0.859. The van der Waals surface area contributed by atoms with E-state index in [1.54, 1.807) is 11.3 Å². The summed E-state index contributed by atoms with van der Waals surface area (Å²) in [6, 6.07) is 0.452. The van der Waals surface area contributed by atoms with E-state index < -0.39 is 0 Å². The van der Waals surface area contributed by atoms with Crippen LogP contribution in [0, 0.1) is 12.8 Å². The Hall–Kier alpha value is -0.410. The minimum absolute atomic E-state index is 0.452. The molecule has 0 spiro atoms. The van der Waals surface area contributed by atoms with Gasteiger partial charge in [0.15, 0.2) is 0 Å². The maximum absolute atomic E-state index is 4.30. The maximum Gasteiger partial charge on any atom is 0.0798 e. The summed E-state index contributed by atoms with van der Waals surface area (Å²) in [5.41, 5.74) is 3.12. The van der Waals surface area contributed by atoms with Crippen LogP contribution in [0.5, 0.6) is 0 Å². The fourth-order valence-corrected chi connectivity index (χ4v) is 3.00. The molecule has 0 aromatic carbocycles. The van der Waals surface area contributed by atoms with Crippen molar-refractivity contribution in [3.8, 4) is 0 Å². The molecule has 1 aromatic heterocycles. The van der Waals surface area contributed by atoms with Gasteiger partial charge in [0.25, 0.3) is 0 Å². The Kier molecular flexibility index (Phi) is 7.52. The monoisotopic (exact) mass is 268 g/mol. The Bertz CT molecular complexity index is 320. The number of nitrogens with zero attached hydrogens (tertiary/aromatic N) is 1. The molecule has 0 amide bonds. The lowest BCUT2D eigenvalue weighted by Gasteiger charge is -2.12. The molecule has 18 heavy (non-hydrogen) atoms. The van der Waals surface area contributed by atoms with Gasteiger partial charge in [-0.25, -0.2) is 4.98 Å². The first-order valence-corrected chi connectivity index (χ1v) is 8.12. The summed E-state index contributed by atoms with van der Waals surface area (Å²) in [7, 11) is 0. The second-order valence-corrected chi connectivity index (χ2v) is 6.46. The molecule has 0 aliphatic heterocycles. The van der Waals surface area contributed by atoms with E-state index in [1.807, 2.05) is 5.51 Å². The van der Waals surface area contributed by atoms with Crippen LogP contribution in [0.15, 0.2) is 5.51 Å². The predicted octanol–water partition coefficient (Wildman–Crippen LogP) is 4.71. The van der Waals surface area contributed by atoms with Crippen LogP contribution in [0.1, 0.15) is 69.5 Å². The summed E-state index contributed by atoms with van der Waals surface area (Å²) in [6.45, 7) is 10.1. The van der Waals surface area contributed by atoms with Gasteiger partial charge >= 0.3 is 0 Å². The SMILES string of the molecule is Cc1ncsc1C(C)NCCCCCCC(C)C. The van der Waals surface area contributed by atoms with Crippen LogP contribution >= 0.6 is 11.3 Å². The van der Waals surface area contributed by atoms with Gasteiger partial charge in [-0.3, -0.25) is 0 Å². The smallest absolute Gasteiger partial charge is 0.0798 e.